The fourth-order valence-corrected chi connectivity index (χ4v) is 1.60. The minimum atomic E-state index is 0.125. The zero-order chi connectivity index (χ0) is 7.40. The van der Waals surface area contributed by atoms with E-state index in [0.29, 0.717) is 0 Å². The van der Waals surface area contributed by atoms with Crippen LogP contribution in [0.25, 0.3) is 0 Å². The van der Waals surface area contributed by atoms with E-state index in [-0.39, 0.29) is 12.5 Å². The molecule has 0 aromatic carbocycles. The fraction of sp³-hybridized carbons (Fsp3) is 0.250. The molecular formula is C8H10OS. The quantitative estimate of drug-likeness (QED) is 0.660. The van der Waals surface area contributed by atoms with E-state index in [9.17, 15) is 0 Å². The molecule has 1 unspecified atom stereocenters. The first-order valence-corrected chi connectivity index (χ1v) is 4.03. The first-order valence-electron chi connectivity index (χ1n) is 3.15. The highest BCUT2D eigenvalue weighted by Gasteiger charge is 2.04. The summed E-state index contributed by atoms with van der Waals surface area (Å²) in [6, 6.07) is 3.99. The number of rotatable bonds is 3. The van der Waals surface area contributed by atoms with Crippen molar-refractivity contribution in [2.24, 2.45) is 0 Å². The Morgan fingerprint density at radius 3 is 3.00 bits per heavy atom. The summed E-state index contributed by atoms with van der Waals surface area (Å²) in [5, 5.41) is 10.8. The minimum absolute atomic E-state index is 0.125. The van der Waals surface area contributed by atoms with Crippen LogP contribution in [0.1, 0.15) is 10.8 Å². The Bertz CT molecular complexity index is 191. The van der Waals surface area contributed by atoms with Gasteiger partial charge in [0.25, 0.3) is 0 Å². The zero-order valence-electron chi connectivity index (χ0n) is 5.66. The van der Waals surface area contributed by atoms with Crippen LogP contribution >= 0.6 is 11.3 Å². The molecule has 0 aliphatic carbocycles. The van der Waals surface area contributed by atoms with Gasteiger partial charge in [0.1, 0.15) is 0 Å². The molecule has 2 heteroatoms. The molecule has 1 N–H and O–H groups in total. The van der Waals surface area contributed by atoms with E-state index < -0.39 is 0 Å². The lowest BCUT2D eigenvalue weighted by Gasteiger charge is -2.03. The molecule has 0 amide bonds. The van der Waals surface area contributed by atoms with Gasteiger partial charge in [-0.2, -0.15) is 0 Å². The van der Waals surface area contributed by atoms with E-state index in [1.54, 1.807) is 17.4 Å². The number of thiophene rings is 1. The van der Waals surface area contributed by atoms with E-state index in [0.717, 1.165) is 0 Å². The van der Waals surface area contributed by atoms with Crippen LogP contribution in [-0.4, -0.2) is 11.7 Å². The van der Waals surface area contributed by atoms with Gasteiger partial charge in [-0.1, -0.05) is 12.1 Å². The van der Waals surface area contributed by atoms with Crippen molar-refractivity contribution in [3.8, 4) is 0 Å². The average Bonchev–Trinajstić information content (AvgIpc) is 2.43. The van der Waals surface area contributed by atoms with E-state index in [4.69, 9.17) is 5.11 Å². The first kappa shape index (κ1) is 7.51. The molecule has 1 rings (SSSR count). The molecule has 0 saturated heterocycles. The number of aliphatic hydroxyl groups is 1. The van der Waals surface area contributed by atoms with Crippen molar-refractivity contribution in [3.63, 3.8) is 0 Å². The van der Waals surface area contributed by atoms with Gasteiger partial charge in [-0.05, 0) is 11.4 Å². The molecular weight excluding hydrogens is 144 g/mol. The molecule has 0 saturated carbocycles. The molecule has 0 radical (unpaired) electrons. The van der Waals surface area contributed by atoms with Crippen molar-refractivity contribution in [3.05, 3.63) is 35.0 Å². The Morgan fingerprint density at radius 2 is 2.60 bits per heavy atom. The zero-order valence-corrected chi connectivity index (χ0v) is 6.47. The van der Waals surface area contributed by atoms with E-state index >= 15 is 0 Å². The standard InChI is InChI=1S/C8H10OS/c1-2-7(6-9)8-4-3-5-10-8/h2-5,7,9H,1,6H2. The summed E-state index contributed by atoms with van der Waals surface area (Å²) in [5.74, 6) is 0.125. The SMILES string of the molecule is C=CC(CO)c1cccs1. The Kier molecular flexibility index (Phi) is 2.66. The third-order valence-corrected chi connectivity index (χ3v) is 2.39. The topological polar surface area (TPSA) is 20.2 Å². The van der Waals surface area contributed by atoms with Crippen LogP contribution in [0.5, 0.6) is 0 Å². The smallest absolute Gasteiger partial charge is 0.0542 e. The van der Waals surface area contributed by atoms with Crippen LogP contribution < -0.4 is 0 Å². The number of hydrogen-bond donors (Lipinski definition) is 1. The second-order valence-corrected chi connectivity index (χ2v) is 3.02. The molecule has 0 spiro atoms. The summed E-state index contributed by atoms with van der Waals surface area (Å²) in [6.07, 6.45) is 1.77. The fourth-order valence-electron chi connectivity index (χ4n) is 0.783. The lowest BCUT2D eigenvalue weighted by atomic mass is 10.1. The molecule has 0 aliphatic heterocycles. The van der Waals surface area contributed by atoms with Gasteiger partial charge in [0, 0.05) is 10.8 Å². The maximum atomic E-state index is 8.83. The minimum Gasteiger partial charge on any atom is -0.395 e. The van der Waals surface area contributed by atoms with Crippen LogP contribution in [0.15, 0.2) is 30.2 Å². The van der Waals surface area contributed by atoms with Crippen molar-refractivity contribution in [1.29, 1.82) is 0 Å². The monoisotopic (exact) mass is 154 g/mol. The Labute approximate surface area is 64.6 Å². The molecule has 1 nitrogen and oxygen atoms in total. The maximum Gasteiger partial charge on any atom is 0.0542 e. The lowest BCUT2D eigenvalue weighted by Crippen LogP contribution is -1.96. The molecule has 0 aliphatic rings. The lowest BCUT2D eigenvalue weighted by molar-refractivity contribution is 0.285. The van der Waals surface area contributed by atoms with Gasteiger partial charge in [-0.3, -0.25) is 0 Å². The summed E-state index contributed by atoms with van der Waals surface area (Å²) in [4.78, 5) is 1.18. The van der Waals surface area contributed by atoms with Crippen LogP contribution in [0.2, 0.25) is 0 Å². The largest absolute Gasteiger partial charge is 0.395 e. The predicted molar refractivity (Wildman–Crippen MR) is 44.3 cm³/mol. The Morgan fingerprint density at radius 1 is 1.80 bits per heavy atom. The van der Waals surface area contributed by atoms with Gasteiger partial charge in [-0.15, -0.1) is 17.9 Å². The van der Waals surface area contributed by atoms with E-state index in [1.807, 2.05) is 17.5 Å². The number of aliphatic hydroxyl groups excluding tert-OH is 1. The Hall–Kier alpha value is -0.600. The van der Waals surface area contributed by atoms with Crippen LogP contribution in [-0.2, 0) is 0 Å². The third-order valence-electron chi connectivity index (χ3n) is 1.39. The van der Waals surface area contributed by atoms with Crippen LogP contribution in [0.3, 0.4) is 0 Å². The molecule has 1 heterocycles. The second-order valence-electron chi connectivity index (χ2n) is 2.04. The van der Waals surface area contributed by atoms with Gasteiger partial charge in [0.2, 0.25) is 0 Å². The molecule has 0 bridgehead atoms. The predicted octanol–water partition coefficient (Wildman–Crippen LogP) is 2.01. The molecule has 1 aromatic rings. The molecule has 0 fully saturated rings. The Balaban J connectivity index is 2.73. The summed E-state index contributed by atoms with van der Waals surface area (Å²) in [5.41, 5.74) is 0. The highest BCUT2D eigenvalue weighted by molar-refractivity contribution is 7.10. The van der Waals surface area contributed by atoms with Crippen molar-refractivity contribution >= 4 is 11.3 Å². The summed E-state index contributed by atoms with van der Waals surface area (Å²) in [6.45, 7) is 3.79. The molecule has 54 valence electrons. The first-order chi connectivity index (χ1) is 4.88. The summed E-state index contributed by atoms with van der Waals surface area (Å²) >= 11 is 1.65. The summed E-state index contributed by atoms with van der Waals surface area (Å²) in [7, 11) is 0. The summed E-state index contributed by atoms with van der Waals surface area (Å²) < 4.78 is 0. The van der Waals surface area contributed by atoms with Gasteiger partial charge >= 0.3 is 0 Å². The van der Waals surface area contributed by atoms with Crippen LogP contribution in [0, 0.1) is 0 Å². The van der Waals surface area contributed by atoms with Crippen molar-refractivity contribution < 1.29 is 5.11 Å². The van der Waals surface area contributed by atoms with Crippen molar-refractivity contribution in [2.75, 3.05) is 6.61 Å². The van der Waals surface area contributed by atoms with Crippen LogP contribution in [0.4, 0.5) is 0 Å². The van der Waals surface area contributed by atoms with Gasteiger partial charge in [-0.25, -0.2) is 0 Å². The van der Waals surface area contributed by atoms with Crippen molar-refractivity contribution in [1.82, 2.24) is 0 Å². The normalized spacial score (nSPS) is 12.9. The average molecular weight is 154 g/mol. The molecule has 10 heavy (non-hydrogen) atoms. The molecule has 1 aromatic heterocycles. The van der Waals surface area contributed by atoms with E-state index in [2.05, 4.69) is 6.58 Å². The molecule has 1 atom stereocenters. The van der Waals surface area contributed by atoms with E-state index in [1.165, 1.54) is 4.88 Å². The van der Waals surface area contributed by atoms with Gasteiger partial charge < -0.3 is 5.11 Å². The highest BCUT2D eigenvalue weighted by Crippen LogP contribution is 2.20. The van der Waals surface area contributed by atoms with Gasteiger partial charge in [0.05, 0.1) is 6.61 Å². The highest BCUT2D eigenvalue weighted by atomic mass is 32.1. The second kappa shape index (κ2) is 3.54. The maximum absolute atomic E-state index is 8.83. The third kappa shape index (κ3) is 1.46. The van der Waals surface area contributed by atoms with Crippen molar-refractivity contribution in [2.45, 2.75) is 5.92 Å². The number of hydrogen-bond acceptors (Lipinski definition) is 2. The van der Waals surface area contributed by atoms with Gasteiger partial charge in [0.15, 0.2) is 0 Å².